The Morgan fingerprint density at radius 3 is 2.39 bits per heavy atom. The molecule has 1 aliphatic heterocycles. The first-order chi connectivity index (χ1) is 20.9. The molecule has 0 radical (unpaired) electrons. The predicted octanol–water partition coefficient (Wildman–Crippen LogP) is 3.90. The number of aryl methyl sites for hydroxylation is 1. The largest absolute Gasteiger partial charge is 0.444 e. The Morgan fingerprint density at radius 1 is 1.09 bits per heavy atom. The fourth-order valence-electron chi connectivity index (χ4n) is 5.44. The second-order valence-electron chi connectivity index (χ2n) is 12.6. The third-order valence-electron chi connectivity index (χ3n) is 7.57. The van der Waals surface area contributed by atoms with E-state index in [0.29, 0.717) is 56.1 Å². The van der Waals surface area contributed by atoms with E-state index in [9.17, 15) is 9.59 Å². The molecule has 13 heteroatoms. The number of imidazole rings is 1. The van der Waals surface area contributed by atoms with Crippen LogP contribution >= 0.6 is 0 Å². The smallest absolute Gasteiger partial charge is 0.410 e. The van der Waals surface area contributed by atoms with Gasteiger partial charge in [-0.15, -0.1) is 5.10 Å². The van der Waals surface area contributed by atoms with Crippen molar-refractivity contribution in [2.45, 2.75) is 85.3 Å². The molecule has 0 aromatic carbocycles. The molecule has 0 aliphatic carbocycles. The number of ether oxygens (including phenoxy) is 1. The molecule has 44 heavy (non-hydrogen) atoms. The monoisotopic (exact) mass is 608 g/mol. The van der Waals surface area contributed by atoms with E-state index in [2.05, 4.69) is 47.0 Å². The summed E-state index contributed by atoms with van der Waals surface area (Å²) >= 11 is 0. The summed E-state index contributed by atoms with van der Waals surface area (Å²) in [4.78, 5) is 44.2. The summed E-state index contributed by atoms with van der Waals surface area (Å²) < 4.78 is 7.14. The average Bonchev–Trinajstić information content (AvgIpc) is 3.35. The first-order valence-corrected chi connectivity index (χ1v) is 15.6. The Hall–Kier alpha value is -4.16. The number of nitrogens with zero attached hydrogens (tertiary/aromatic N) is 8. The van der Waals surface area contributed by atoms with Crippen molar-refractivity contribution < 1.29 is 14.3 Å². The summed E-state index contributed by atoms with van der Waals surface area (Å²) in [6.45, 7) is 14.2. The highest BCUT2D eigenvalue weighted by molar-refractivity contribution is 5.82. The summed E-state index contributed by atoms with van der Waals surface area (Å²) in [6, 6.07) is 2.43. The maximum Gasteiger partial charge on any atom is 0.410 e. The van der Waals surface area contributed by atoms with Crippen LogP contribution in [0.2, 0.25) is 0 Å². The normalized spacial score (nSPS) is 13.9. The Bertz CT molecular complexity index is 1440. The van der Waals surface area contributed by atoms with Crippen molar-refractivity contribution in [3.63, 3.8) is 0 Å². The Labute approximate surface area is 260 Å². The van der Waals surface area contributed by atoms with Crippen molar-refractivity contribution in [1.29, 1.82) is 0 Å². The number of amides is 2. The lowest BCUT2D eigenvalue weighted by Gasteiger charge is -2.36. The van der Waals surface area contributed by atoms with Gasteiger partial charge < -0.3 is 30.5 Å². The van der Waals surface area contributed by atoms with Crippen molar-refractivity contribution >= 4 is 35.2 Å². The standard InChI is InChI=1S/C31H48N10O3/c1-8-10-23(11-9-2)35-29-36-26(32)28-34-19-24(41(28)37-29)17-22-16-21(3)27(33-18-22)40-14-12-39(13-15-40)25(42)20-38(7)30(43)44-31(4,5)6/h16,18-19,23H,8-15,17,20H2,1-7H3,(H3,32,35,36,37). The Morgan fingerprint density at radius 2 is 1.77 bits per heavy atom. The molecule has 240 valence electrons. The fourth-order valence-corrected chi connectivity index (χ4v) is 5.44. The zero-order valence-corrected chi connectivity index (χ0v) is 27.3. The number of fused-ring (bicyclic) bond motifs is 1. The van der Waals surface area contributed by atoms with Gasteiger partial charge in [0.05, 0.1) is 11.9 Å². The van der Waals surface area contributed by atoms with Crippen LogP contribution in [0.25, 0.3) is 5.65 Å². The van der Waals surface area contributed by atoms with Gasteiger partial charge in [-0.2, -0.15) is 4.98 Å². The average molecular weight is 609 g/mol. The van der Waals surface area contributed by atoms with E-state index in [0.717, 1.165) is 48.3 Å². The van der Waals surface area contributed by atoms with Gasteiger partial charge in [-0.05, 0) is 51.7 Å². The van der Waals surface area contributed by atoms with Crippen molar-refractivity contribution in [3.05, 3.63) is 35.3 Å². The number of pyridine rings is 1. The first-order valence-electron chi connectivity index (χ1n) is 15.6. The maximum atomic E-state index is 12.8. The number of likely N-dealkylation sites (N-methyl/N-ethyl adjacent to an activating group) is 1. The number of carbonyl (C=O) groups is 2. The lowest BCUT2D eigenvalue weighted by atomic mass is 10.1. The molecule has 1 fully saturated rings. The topological polar surface area (TPSA) is 147 Å². The van der Waals surface area contributed by atoms with Gasteiger partial charge in [0.2, 0.25) is 11.9 Å². The number of rotatable bonds is 11. The lowest BCUT2D eigenvalue weighted by molar-refractivity contribution is -0.132. The van der Waals surface area contributed by atoms with Gasteiger partial charge in [-0.25, -0.2) is 19.3 Å². The minimum atomic E-state index is -0.609. The second kappa shape index (κ2) is 14.1. The number of hydrogen-bond acceptors (Lipinski definition) is 10. The van der Waals surface area contributed by atoms with E-state index in [4.69, 9.17) is 20.6 Å². The molecule has 3 aromatic heterocycles. The molecule has 4 heterocycles. The lowest BCUT2D eigenvalue weighted by Crippen LogP contribution is -2.52. The molecule has 1 saturated heterocycles. The fraction of sp³-hybridized carbons (Fsp3) is 0.613. The van der Waals surface area contributed by atoms with E-state index >= 15 is 0 Å². The van der Waals surface area contributed by atoms with Crippen molar-refractivity contribution in [2.24, 2.45) is 0 Å². The van der Waals surface area contributed by atoms with Crippen LogP contribution in [0.4, 0.5) is 22.4 Å². The molecular formula is C31H48N10O3. The van der Waals surface area contributed by atoms with Crippen LogP contribution in [0.5, 0.6) is 0 Å². The minimum absolute atomic E-state index is 0.0175. The highest BCUT2D eigenvalue weighted by Gasteiger charge is 2.26. The van der Waals surface area contributed by atoms with Crippen LogP contribution in [0.15, 0.2) is 18.5 Å². The van der Waals surface area contributed by atoms with Gasteiger partial charge >= 0.3 is 6.09 Å². The molecule has 0 spiro atoms. The Kier molecular flexibility index (Phi) is 10.5. The first kappa shape index (κ1) is 32.7. The van der Waals surface area contributed by atoms with Gasteiger partial charge in [-0.3, -0.25) is 4.79 Å². The van der Waals surface area contributed by atoms with Crippen LogP contribution in [0.3, 0.4) is 0 Å². The van der Waals surface area contributed by atoms with Crippen LogP contribution in [0.1, 0.15) is 77.1 Å². The van der Waals surface area contributed by atoms with Gasteiger partial charge in [-0.1, -0.05) is 32.8 Å². The third-order valence-corrected chi connectivity index (χ3v) is 7.57. The van der Waals surface area contributed by atoms with Crippen LogP contribution in [0, 0.1) is 6.92 Å². The van der Waals surface area contributed by atoms with Gasteiger partial charge in [0.25, 0.3) is 0 Å². The summed E-state index contributed by atoms with van der Waals surface area (Å²) in [6.07, 6.45) is 8.00. The van der Waals surface area contributed by atoms with Gasteiger partial charge in [0.15, 0.2) is 11.5 Å². The molecule has 2 amide bonds. The van der Waals surface area contributed by atoms with Crippen molar-refractivity contribution in [3.8, 4) is 0 Å². The molecule has 0 unspecified atom stereocenters. The number of aromatic nitrogens is 5. The summed E-state index contributed by atoms with van der Waals surface area (Å²) in [5.41, 5.74) is 9.18. The number of nitrogens with one attached hydrogen (secondary N) is 1. The molecule has 3 N–H and O–H groups in total. The molecule has 0 saturated carbocycles. The number of nitrogens with two attached hydrogens (primary N) is 1. The van der Waals surface area contributed by atoms with Crippen molar-refractivity contribution in [1.82, 2.24) is 34.4 Å². The highest BCUT2D eigenvalue weighted by atomic mass is 16.6. The Balaban J connectivity index is 1.38. The van der Waals surface area contributed by atoms with E-state index in [1.54, 1.807) is 43.4 Å². The van der Waals surface area contributed by atoms with Gasteiger partial charge in [0, 0.05) is 51.9 Å². The number of carbonyl (C=O) groups excluding carboxylic acids is 2. The third kappa shape index (κ3) is 8.26. The molecule has 13 nitrogen and oxygen atoms in total. The second-order valence-corrected chi connectivity index (χ2v) is 12.6. The zero-order chi connectivity index (χ0) is 32.0. The molecule has 0 bridgehead atoms. The van der Waals surface area contributed by atoms with E-state index < -0.39 is 11.7 Å². The molecular weight excluding hydrogens is 560 g/mol. The van der Waals surface area contributed by atoms with E-state index in [-0.39, 0.29) is 12.5 Å². The summed E-state index contributed by atoms with van der Waals surface area (Å²) in [7, 11) is 1.58. The minimum Gasteiger partial charge on any atom is -0.444 e. The summed E-state index contributed by atoms with van der Waals surface area (Å²) in [5.74, 6) is 1.67. The molecule has 3 aromatic rings. The van der Waals surface area contributed by atoms with Gasteiger partial charge in [0.1, 0.15) is 18.0 Å². The predicted molar refractivity (Wildman–Crippen MR) is 172 cm³/mol. The molecule has 0 atom stereocenters. The van der Waals surface area contributed by atoms with E-state index in [1.807, 2.05) is 6.20 Å². The van der Waals surface area contributed by atoms with Crippen molar-refractivity contribution in [2.75, 3.05) is 55.7 Å². The number of hydrogen-bond donors (Lipinski definition) is 2. The van der Waals surface area contributed by atoms with E-state index in [1.165, 1.54) is 4.90 Å². The zero-order valence-electron chi connectivity index (χ0n) is 27.3. The van der Waals surface area contributed by atoms with Crippen LogP contribution in [-0.4, -0.2) is 97.8 Å². The number of piperazine rings is 1. The number of anilines is 3. The maximum absolute atomic E-state index is 12.8. The quantitative estimate of drug-likeness (QED) is 0.328. The van der Waals surface area contributed by atoms with Crippen LogP contribution in [-0.2, 0) is 16.0 Å². The SMILES string of the molecule is CCCC(CCC)Nc1nc(N)c2ncc(Cc3cnc(N4CCN(C(=O)CN(C)C(=O)OC(C)(C)C)CC4)c(C)c3)n2n1. The molecule has 1 aliphatic rings. The number of nitrogen functional groups attached to an aromatic ring is 1. The summed E-state index contributed by atoms with van der Waals surface area (Å²) in [5, 5.41) is 8.20. The highest BCUT2D eigenvalue weighted by Crippen LogP contribution is 2.23. The molecule has 4 rings (SSSR count). The van der Waals surface area contributed by atoms with Crippen LogP contribution < -0.4 is 16.0 Å².